The Kier molecular flexibility index (Phi) is 9.72. The monoisotopic (exact) mass is 353 g/mol. The molecular weight excluding hydrogens is 330 g/mol. The Morgan fingerprint density at radius 3 is 2.28 bits per heavy atom. The molecule has 0 bridgehead atoms. The predicted molar refractivity (Wildman–Crippen MR) is 90.1 cm³/mol. The Labute approximate surface area is 146 Å². The first kappa shape index (κ1) is 20.5. The number of aliphatic carboxylic acids is 2. The highest BCUT2D eigenvalue weighted by atomic mass is 16.5. The molecule has 8 nitrogen and oxygen atoms in total. The lowest BCUT2D eigenvalue weighted by Gasteiger charge is -2.24. The number of hydrogen-bond donors (Lipinski definition) is 3. The normalized spacial score (nSPS) is 16.6. The first-order valence-electron chi connectivity index (χ1n) is 7.83. The maximum absolute atomic E-state index is 9.55. The number of carbonyl (C=O) groups is 2. The summed E-state index contributed by atoms with van der Waals surface area (Å²) in [6.07, 6.45) is 1.24. The molecule has 1 saturated heterocycles. The summed E-state index contributed by atoms with van der Waals surface area (Å²) in [5.74, 6) is -0.943. The number of benzene rings is 1. The van der Waals surface area contributed by atoms with E-state index in [2.05, 4.69) is 5.32 Å². The third-order valence-corrected chi connectivity index (χ3v) is 2.95. The van der Waals surface area contributed by atoms with E-state index in [1.807, 2.05) is 31.2 Å². The quantitative estimate of drug-likeness (QED) is 0.626. The average molecular weight is 353 g/mol. The molecule has 1 aromatic rings. The zero-order valence-electron chi connectivity index (χ0n) is 14.0. The number of hydrogen-bond acceptors (Lipinski definition) is 6. The molecule has 0 aromatic heterocycles. The van der Waals surface area contributed by atoms with Gasteiger partial charge in [-0.2, -0.15) is 0 Å². The standard InChI is InChI=1S/C13H19NO3.C4H4O4/c1-2-15-12-5-3-4-6-13(12)17-10-11-9-14-7-8-16-11;5-3(6)1-2-4(7)8/h3-6,11,14H,2,7-10H2,1H3;1-2H,(H,5,6)(H,7,8)/b;2-1+. The zero-order valence-corrected chi connectivity index (χ0v) is 14.0. The largest absolute Gasteiger partial charge is 0.490 e. The molecule has 1 aromatic carbocycles. The first-order chi connectivity index (χ1) is 12.0. The van der Waals surface area contributed by atoms with E-state index in [-0.39, 0.29) is 6.10 Å². The third-order valence-electron chi connectivity index (χ3n) is 2.95. The minimum Gasteiger partial charge on any atom is -0.490 e. The number of morpholine rings is 1. The minimum absolute atomic E-state index is 0.124. The van der Waals surface area contributed by atoms with Gasteiger partial charge in [0.1, 0.15) is 12.7 Å². The van der Waals surface area contributed by atoms with Gasteiger partial charge in [-0.25, -0.2) is 9.59 Å². The van der Waals surface area contributed by atoms with Gasteiger partial charge in [-0.1, -0.05) is 12.1 Å². The van der Waals surface area contributed by atoms with Crippen molar-refractivity contribution in [3.8, 4) is 11.5 Å². The van der Waals surface area contributed by atoms with Crippen molar-refractivity contribution in [3.05, 3.63) is 36.4 Å². The maximum Gasteiger partial charge on any atom is 0.328 e. The number of para-hydroxylation sites is 2. The highest BCUT2D eigenvalue weighted by molar-refractivity contribution is 5.89. The number of carboxylic acid groups (broad SMARTS) is 2. The molecule has 1 fully saturated rings. The van der Waals surface area contributed by atoms with Crippen LogP contribution in [0.15, 0.2) is 36.4 Å². The Morgan fingerprint density at radius 1 is 1.20 bits per heavy atom. The van der Waals surface area contributed by atoms with Gasteiger partial charge >= 0.3 is 11.9 Å². The minimum atomic E-state index is -1.26. The van der Waals surface area contributed by atoms with Gasteiger partial charge in [0.05, 0.1) is 13.2 Å². The fourth-order valence-electron chi connectivity index (χ4n) is 1.90. The molecule has 8 heteroatoms. The Morgan fingerprint density at radius 2 is 1.80 bits per heavy atom. The second-order valence-electron chi connectivity index (χ2n) is 4.90. The highest BCUT2D eigenvalue weighted by Crippen LogP contribution is 2.26. The van der Waals surface area contributed by atoms with E-state index in [1.165, 1.54) is 0 Å². The lowest BCUT2D eigenvalue weighted by atomic mass is 10.3. The van der Waals surface area contributed by atoms with E-state index >= 15 is 0 Å². The summed E-state index contributed by atoms with van der Waals surface area (Å²) in [7, 11) is 0. The highest BCUT2D eigenvalue weighted by Gasteiger charge is 2.14. The second-order valence-corrected chi connectivity index (χ2v) is 4.90. The van der Waals surface area contributed by atoms with Crippen LogP contribution in [0.5, 0.6) is 11.5 Å². The molecule has 1 unspecified atom stereocenters. The number of carboxylic acids is 2. The molecule has 0 radical (unpaired) electrons. The van der Waals surface area contributed by atoms with Crippen LogP contribution in [0.25, 0.3) is 0 Å². The van der Waals surface area contributed by atoms with E-state index in [0.717, 1.165) is 31.2 Å². The van der Waals surface area contributed by atoms with E-state index < -0.39 is 11.9 Å². The molecule has 2 rings (SSSR count). The number of rotatable bonds is 7. The van der Waals surface area contributed by atoms with Crippen LogP contribution < -0.4 is 14.8 Å². The molecule has 0 saturated carbocycles. The first-order valence-corrected chi connectivity index (χ1v) is 7.83. The molecule has 0 amide bonds. The van der Waals surface area contributed by atoms with Crippen LogP contribution in [0.1, 0.15) is 6.92 Å². The number of nitrogens with one attached hydrogen (secondary N) is 1. The molecular formula is C17H23NO7. The Bertz CT molecular complexity index is 552. The Balaban J connectivity index is 0.000000333. The Hall–Kier alpha value is -2.58. The molecule has 1 aliphatic heterocycles. The van der Waals surface area contributed by atoms with Gasteiger partial charge in [0.2, 0.25) is 0 Å². The zero-order chi connectivity index (χ0) is 18.5. The average Bonchev–Trinajstić information content (AvgIpc) is 2.61. The van der Waals surface area contributed by atoms with Gasteiger partial charge < -0.3 is 29.7 Å². The molecule has 3 N–H and O–H groups in total. The van der Waals surface area contributed by atoms with Crippen molar-refractivity contribution in [3.63, 3.8) is 0 Å². The fraction of sp³-hybridized carbons (Fsp3) is 0.412. The SMILES string of the molecule is CCOc1ccccc1OCC1CNCCO1.O=C(O)/C=C/C(=O)O. The summed E-state index contributed by atoms with van der Waals surface area (Å²) in [4.78, 5) is 19.1. The topological polar surface area (TPSA) is 114 Å². The van der Waals surface area contributed by atoms with Crippen molar-refractivity contribution in [1.82, 2.24) is 5.32 Å². The van der Waals surface area contributed by atoms with Gasteiger partial charge in [-0.3, -0.25) is 0 Å². The van der Waals surface area contributed by atoms with E-state index in [1.54, 1.807) is 0 Å². The molecule has 0 aliphatic carbocycles. The van der Waals surface area contributed by atoms with E-state index in [4.69, 9.17) is 24.4 Å². The van der Waals surface area contributed by atoms with Gasteiger partial charge in [0.15, 0.2) is 11.5 Å². The van der Waals surface area contributed by atoms with Crippen molar-refractivity contribution in [1.29, 1.82) is 0 Å². The van der Waals surface area contributed by atoms with Crippen LogP contribution in [0, 0.1) is 0 Å². The van der Waals surface area contributed by atoms with Crippen LogP contribution in [0.4, 0.5) is 0 Å². The molecule has 1 heterocycles. The van der Waals surface area contributed by atoms with Crippen molar-refractivity contribution in [2.24, 2.45) is 0 Å². The predicted octanol–water partition coefficient (Wildman–Crippen LogP) is 1.16. The maximum atomic E-state index is 9.55. The molecule has 25 heavy (non-hydrogen) atoms. The summed E-state index contributed by atoms with van der Waals surface area (Å²) in [6, 6.07) is 7.72. The van der Waals surface area contributed by atoms with E-state index in [9.17, 15) is 9.59 Å². The van der Waals surface area contributed by atoms with Crippen molar-refractivity contribution < 1.29 is 34.0 Å². The second kappa shape index (κ2) is 11.9. The lowest BCUT2D eigenvalue weighted by Crippen LogP contribution is -2.41. The smallest absolute Gasteiger partial charge is 0.328 e. The van der Waals surface area contributed by atoms with Crippen LogP contribution in [0.2, 0.25) is 0 Å². The molecule has 0 spiro atoms. The van der Waals surface area contributed by atoms with Crippen molar-refractivity contribution in [2.45, 2.75) is 13.0 Å². The van der Waals surface area contributed by atoms with Gasteiger partial charge in [0, 0.05) is 25.2 Å². The summed E-state index contributed by atoms with van der Waals surface area (Å²) in [5, 5.41) is 18.9. The van der Waals surface area contributed by atoms with Gasteiger partial charge in [0.25, 0.3) is 0 Å². The summed E-state index contributed by atoms with van der Waals surface area (Å²) < 4.78 is 16.8. The van der Waals surface area contributed by atoms with Gasteiger partial charge in [-0.05, 0) is 19.1 Å². The summed E-state index contributed by atoms with van der Waals surface area (Å²) >= 11 is 0. The molecule has 138 valence electrons. The van der Waals surface area contributed by atoms with E-state index in [0.29, 0.717) is 25.4 Å². The molecule has 1 atom stereocenters. The summed E-state index contributed by atoms with van der Waals surface area (Å²) in [5.41, 5.74) is 0. The van der Waals surface area contributed by atoms with Gasteiger partial charge in [-0.15, -0.1) is 0 Å². The van der Waals surface area contributed by atoms with Crippen LogP contribution in [-0.4, -0.2) is 61.2 Å². The lowest BCUT2D eigenvalue weighted by molar-refractivity contribution is -0.134. The van der Waals surface area contributed by atoms with Crippen LogP contribution in [0.3, 0.4) is 0 Å². The fourth-order valence-corrected chi connectivity index (χ4v) is 1.90. The van der Waals surface area contributed by atoms with Crippen LogP contribution in [-0.2, 0) is 14.3 Å². The van der Waals surface area contributed by atoms with Crippen molar-refractivity contribution in [2.75, 3.05) is 32.9 Å². The summed E-state index contributed by atoms with van der Waals surface area (Å²) in [6.45, 7) is 5.67. The third kappa shape index (κ3) is 9.33. The van der Waals surface area contributed by atoms with Crippen LogP contribution >= 0.6 is 0 Å². The molecule has 1 aliphatic rings. The van der Waals surface area contributed by atoms with Crippen molar-refractivity contribution >= 4 is 11.9 Å². The number of ether oxygens (including phenoxy) is 3.